The van der Waals surface area contributed by atoms with E-state index in [1.807, 2.05) is 0 Å². The summed E-state index contributed by atoms with van der Waals surface area (Å²) < 4.78 is 65.3. The van der Waals surface area contributed by atoms with Gasteiger partial charge in [0.1, 0.15) is 12.6 Å². The van der Waals surface area contributed by atoms with Gasteiger partial charge in [-0.2, -0.15) is 13.2 Å². The first-order valence-corrected chi connectivity index (χ1v) is 12.4. The number of alkyl halides is 3. The standard InChI is InChI=1S/C21H22Cl2F3N3O4S/c1-13(20(31)27-2)28(11-14-5-4-6-15(22)9-14)19(30)12-29(34(3,32)33)16-7-8-18(23)17(10-16)21(24,25)26/h4-10,13H,11-12H2,1-3H3,(H,27,31). The van der Waals surface area contributed by atoms with E-state index in [9.17, 15) is 31.2 Å². The van der Waals surface area contributed by atoms with Gasteiger partial charge in [0.05, 0.1) is 22.5 Å². The van der Waals surface area contributed by atoms with Crippen molar-refractivity contribution in [1.29, 1.82) is 0 Å². The third-order valence-electron chi connectivity index (χ3n) is 4.88. The smallest absolute Gasteiger partial charge is 0.357 e. The Morgan fingerprint density at radius 3 is 2.29 bits per heavy atom. The highest BCUT2D eigenvalue weighted by Crippen LogP contribution is 2.37. The van der Waals surface area contributed by atoms with Crippen LogP contribution in [0.3, 0.4) is 0 Å². The van der Waals surface area contributed by atoms with Crippen molar-refractivity contribution in [3.63, 3.8) is 0 Å². The summed E-state index contributed by atoms with van der Waals surface area (Å²) in [4.78, 5) is 26.6. The first-order valence-electron chi connectivity index (χ1n) is 9.75. The van der Waals surface area contributed by atoms with Crippen LogP contribution in [0, 0.1) is 0 Å². The van der Waals surface area contributed by atoms with E-state index in [0.717, 1.165) is 23.3 Å². The van der Waals surface area contributed by atoms with E-state index in [2.05, 4.69) is 5.32 Å². The zero-order valence-electron chi connectivity index (χ0n) is 18.4. The van der Waals surface area contributed by atoms with Crippen LogP contribution in [0.15, 0.2) is 42.5 Å². The highest BCUT2D eigenvalue weighted by atomic mass is 35.5. The van der Waals surface area contributed by atoms with E-state index < -0.39 is 56.9 Å². The maximum absolute atomic E-state index is 13.3. The summed E-state index contributed by atoms with van der Waals surface area (Å²) in [6.45, 7) is 0.496. The van der Waals surface area contributed by atoms with Gasteiger partial charge in [-0.3, -0.25) is 13.9 Å². The van der Waals surface area contributed by atoms with Gasteiger partial charge in [0.25, 0.3) is 0 Å². The second kappa shape index (κ2) is 10.8. The summed E-state index contributed by atoms with van der Waals surface area (Å²) in [5, 5.41) is 2.18. The van der Waals surface area contributed by atoms with Crippen molar-refractivity contribution in [2.75, 3.05) is 24.2 Å². The molecule has 2 aromatic carbocycles. The first-order chi connectivity index (χ1) is 15.6. The highest BCUT2D eigenvalue weighted by molar-refractivity contribution is 7.92. The summed E-state index contributed by atoms with van der Waals surface area (Å²) in [6, 6.07) is 7.99. The van der Waals surface area contributed by atoms with Gasteiger partial charge in [0, 0.05) is 18.6 Å². The van der Waals surface area contributed by atoms with Gasteiger partial charge in [0.15, 0.2) is 0 Å². The molecule has 34 heavy (non-hydrogen) atoms. The van der Waals surface area contributed by atoms with Crippen molar-refractivity contribution in [2.45, 2.75) is 25.7 Å². The molecule has 1 N–H and O–H groups in total. The summed E-state index contributed by atoms with van der Waals surface area (Å²) in [6.07, 6.45) is -4.09. The van der Waals surface area contributed by atoms with Crippen molar-refractivity contribution in [3.05, 3.63) is 63.6 Å². The number of hydrogen-bond acceptors (Lipinski definition) is 4. The number of halogens is 5. The molecule has 0 saturated heterocycles. The molecule has 0 aromatic heterocycles. The van der Waals surface area contributed by atoms with Gasteiger partial charge < -0.3 is 10.2 Å². The molecule has 186 valence electrons. The van der Waals surface area contributed by atoms with Crippen molar-refractivity contribution >= 4 is 50.7 Å². The quantitative estimate of drug-likeness (QED) is 0.550. The third kappa shape index (κ3) is 7.00. The molecule has 2 rings (SSSR count). The van der Waals surface area contributed by atoms with Crippen LogP contribution in [-0.2, 0) is 32.3 Å². The minimum atomic E-state index is -4.84. The van der Waals surface area contributed by atoms with Gasteiger partial charge in [-0.15, -0.1) is 0 Å². The fourth-order valence-electron chi connectivity index (χ4n) is 3.12. The average molecular weight is 540 g/mol. The van der Waals surface area contributed by atoms with Gasteiger partial charge in [-0.1, -0.05) is 35.3 Å². The molecule has 0 heterocycles. The normalized spacial score (nSPS) is 12.7. The molecule has 0 bridgehead atoms. The number of amides is 2. The van der Waals surface area contributed by atoms with Crippen LogP contribution in [0.1, 0.15) is 18.1 Å². The number of benzene rings is 2. The van der Waals surface area contributed by atoms with Gasteiger partial charge in [-0.05, 0) is 42.8 Å². The minimum Gasteiger partial charge on any atom is -0.357 e. The lowest BCUT2D eigenvalue weighted by Gasteiger charge is -2.31. The summed E-state index contributed by atoms with van der Waals surface area (Å²) in [5.74, 6) is -1.34. The van der Waals surface area contributed by atoms with E-state index in [-0.39, 0.29) is 6.54 Å². The van der Waals surface area contributed by atoms with Crippen LogP contribution in [0.25, 0.3) is 0 Å². The number of anilines is 1. The summed E-state index contributed by atoms with van der Waals surface area (Å²) in [7, 11) is -2.83. The Bertz CT molecular complexity index is 1180. The van der Waals surface area contributed by atoms with Crippen molar-refractivity contribution in [1.82, 2.24) is 10.2 Å². The van der Waals surface area contributed by atoms with Gasteiger partial charge in [0.2, 0.25) is 21.8 Å². The Labute approximate surface area is 205 Å². The largest absolute Gasteiger partial charge is 0.417 e. The number of likely N-dealkylation sites (N-methyl/N-ethyl adjacent to an activating group) is 1. The lowest BCUT2D eigenvalue weighted by atomic mass is 10.1. The molecule has 1 unspecified atom stereocenters. The molecule has 2 aromatic rings. The van der Waals surface area contributed by atoms with Gasteiger partial charge >= 0.3 is 6.18 Å². The molecular weight excluding hydrogens is 518 g/mol. The lowest BCUT2D eigenvalue weighted by Crippen LogP contribution is -2.50. The van der Waals surface area contributed by atoms with E-state index in [1.54, 1.807) is 24.3 Å². The fourth-order valence-corrected chi connectivity index (χ4v) is 4.40. The Morgan fingerprint density at radius 2 is 1.76 bits per heavy atom. The zero-order chi connectivity index (χ0) is 25.8. The Kier molecular flexibility index (Phi) is 8.84. The van der Waals surface area contributed by atoms with E-state index in [1.165, 1.54) is 14.0 Å². The molecule has 0 radical (unpaired) electrons. The van der Waals surface area contributed by atoms with Crippen LogP contribution in [0.4, 0.5) is 18.9 Å². The number of sulfonamides is 1. The first kappa shape index (κ1) is 27.7. The maximum atomic E-state index is 13.3. The highest BCUT2D eigenvalue weighted by Gasteiger charge is 2.35. The molecule has 7 nitrogen and oxygen atoms in total. The fraction of sp³-hybridized carbons (Fsp3) is 0.333. The number of nitrogens with zero attached hydrogens (tertiary/aromatic N) is 2. The molecule has 0 saturated carbocycles. The van der Waals surface area contributed by atoms with E-state index in [4.69, 9.17) is 23.2 Å². The predicted octanol–water partition coefficient (Wildman–Crippen LogP) is 3.94. The topological polar surface area (TPSA) is 86.8 Å². The van der Waals surface area contributed by atoms with Gasteiger partial charge in [-0.25, -0.2) is 8.42 Å². The zero-order valence-corrected chi connectivity index (χ0v) is 20.7. The summed E-state index contributed by atoms with van der Waals surface area (Å²) in [5.41, 5.74) is -1.08. The molecule has 2 amide bonds. The molecule has 0 fully saturated rings. The molecule has 13 heteroatoms. The monoisotopic (exact) mass is 539 g/mol. The Hall–Kier alpha value is -2.50. The van der Waals surface area contributed by atoms with Crippen LogP contribution < -0.4 is 9.62 Å². The van der Waals surface area contributed by atoms with E-state index >= 15 is 0 Å². The number of hydrogen-bond donors (Lipinski definition) is 1. The van der Waals surface area contributed by atoms with Crippen LogP contribution in [0.2, 0.25) is 10.0 Å². The molecule has 0 aliphatic carbocycles. The minimum absolute atomic E-state index is 0.0972. The van der Waals surface area contributed by atoms with Crippen molar-refractivity contribution in [2.24, 2.45) is 0 Å². The molecule has 0 aliphatic rings. The number of rotatable bonds is 8. The number of carbonyl (C=O) groups excluding carboxylic acids is 2. The third-order valence-corrected chi connectivity index (χ3v) is 6.58. The summed E-state index contributed by atoms with van der Waals surface area (Å²) >= 11 is 11.6. The van der Waals surface area contributed by atoms with Crippen molar-refractivity contribution < 1.29 is 31.2 Å². The Balaban J connectivity index is 2.47. The Morgan fingerprint density at radius 1 is 1.12 bits per heavy atom. The van der Waals surface area contributed by atoms with Crippen LogP contribution in [0.5, 0.6) is 0 Å². The number of nitrogens with one attached hydrogen (secondary N) is 1. The predicted molar refractivity (Wildman–Crippen MR) is 124 cm³/mol. The maximum Gasteiger partial charge on any atom is 0.417 e. The van der Waals surface area contributed by atoms with Crippen molar-refractivity contribution in [3.8, 4) is 0 Å². The second-order valence-corrected chi connectivity index (χ2v) is 10.1. The van der Waals surface area contributed by atoms with E-state index in [0.29, 0.717) is 21.0 Å². The molecule has 1 atom stereocenters. The second-order valence-electron chi connectivity index (χ2n) is 7.37. The molecular formula is C21H22Cl2F3N3O4S. The van der Waals surface area contributed by atoms with Crippen LogP contribution in [-0.4, -0.2) is 51.0 Å². The lowest BCUT2D eigenvalue weighted by molar-refractivity contribution is -0.139. The molecule has 0 aliphatic heterocycles. The van der Waals surface area contributed by atoms with Crippen LogP contribution >= 0.6 is 23.2 Å². The molecule has 0 spiro atoms. The average Bonchev–Trinajstić information content (AvgIpc) is 2.73. The number of carbonyl (C=O) groups is 2. The SMILES string of the molecule is CNC(=O)C(C)N(Cc1cccc(Cl)c1)C(=O)CN(c1ccc(Cl)c(C(F)(F)F)c1)S(C)(=O)=O.